The molecule has 29 heavy (non-hydrogen) atoms. The molecule has 1 N–H and O–H groups in total. The number of anilines is 1. The number of nitrogens with zero attached hydrogens (tertiary/aromatic N) is 4. The van der Waals surface area contributed by atoms with Crippen molar-refractivity contribution in [3.05, 3.63) is 89.8 Å². The van der Waals surface area contributed by atoms with Crippen LogP contribution in [0.25, 0.3) is 27.6 Å². The van der Waals surface area contributed by atoms with Crippen molar-refractivity contribution in [2.45, 2.75) is 0 Å². The molecule has 0 aliphatic rings. The van der Waals surface area contributed by atoms with Crippen LogP contribution >= 0.6 is 11.3 Å². The summed E-state index contributed by atoms with van der Waals surface area (Å²) >= 11 is 1.60. The van der Waals surface area contributed by atoms with Crippen molar-refractivity contribution in [2.75, 3.05) is 5.32 Å². The van der Waals surface area contributed by atoms with Gasteiger partial charge in [-0.25, -0.2) is 0 Å². The maximum Gasteiger partial charge on any atom is 0.255 e. The zero-order chi connectivity index (χ0) is 19.6. The maximum atomic E-state index is 12.3. The summed E-state index contributed by atoms with van der Waals surface area (Å²) in [6, 6.07) is 24.5. The van der Waals surface area contributed by atoms with E-state index in [1.165, 1.54) is 0 Å². The molecule has 0 unspecified atom stereocenters. The van der Waals surface area contributed by atoms with Crippen molar-refractivity contribution in [1.29, 1.82) is 0 Å². The van der Waals surface area contributed by atoms with Gasteiger partial charge in [-0.05, 0) is 47.8 Å². The van der Waals surface area contributed by atoms with Gasteiger partial charge in [0.15, 0.2) is 11.5 Å². The molecule has 3 heterocycles. The Kier molecular flexibility index (Phi) is 4.34. The summed E-state index contributed by atoms with van der Waals surface area (Å²) in [6.45, 7) is 0. The Balaban J connectivity index is 1.42. The van der Waals surface area contributed by atoms with Crippen molar-refractivity contribution in [1.82, 2.24) is 19.8 Å². The monoisotopic (exact) mass is 397 g/mol. The van der Waals surface area contributed by atoms with Crippen molar-refractivity contribution in [3.8, 4) is 22.0 Å². The second-order valence-electron chi connectivity index (χ2n) is 6.39. The molecule has 6 nitrogen and oxygen atoms in total. The van der Waals surface area contributed by atoms with E-state index in [-0.39, 0.29) is 5.91 Å². The van der Waals surface area contributed by atoms with Crippen LogP contribution in [0.2, 0.25) is 0 Å². The second kappa shape index (κ2) is 7.29. The third-order valence-electron chi connectivity index (χ3n) is 4.48. The molecule has 0 saturated carbocycles. The number of aromatic nitrogens is 4. The Morgan fingerprint density at radius 2 is 1.69 bits per heavy atom. The molecular weight excluding hydrogens is 382 g/mol. The van der Waals surface area contributed by atoms with Crippen molar-refractivity contribution in [3.63, 3.8) is 0 Å². The van der Waals surface area contributed by atoms with E-state index in [0.717, 1.165) is 27.6 Å². The summed E-state index contributed by atoms with van der Waals surface area (Å²) < 4.78 is 1.76. The average molecular weight is 397 g/mol. The summed E-state index contributed by atoms with van der Waals surface area (Å²) in [5.74, 6) is 0.589. The molecule has 3 aromatic heterocycles. The number of hydrogen-bond acceptors (Lipinski definition) is 5. The first-order chi connectivity index (χ1) is 14.3. The van der Waals surface area contributed by atoms with E-state index >= 15 is 0 Å². The lowest BCUT2D eigenvalue weighted by Crippen LogP contribution is -2.11. The first-order valence-electron chi connectivity index (χ1n) is 9.01. The molecule has 7 heteroatoms. The first-order valence-corrected chi connectivity index (χ1v) is 9.89. The van der Waals surface area contributed by atoms with Gasteiger partial charge < -0.3 is 5.32 Å². The molecular formula is C22H15N5OS. The highest BCUT2D eigenvalue weighted by Crippen LogP contribution is 2.25. The molecule has 5 aromatic rings. The lowest BCUT2D eigenvalue weighted by atomic mass is 10.1. The van der Waals surface area contributed by atoms with Gasteiger partial charge in [0.05, 0.1) is 10.6 Å². The zero-order valence-electron chi connectivity index (χ0n) is 15.2. The number of carbonyl (C=O) groups is 1. The molecule has 0 aliphatic carbocycles. The third kappa shape index (κ3) is 3.39. The lowest BCUT2D eigenvalue weighted by Gasteiger charge is -2.07. The molecule has 0 radical (unpaired) electrons. The van der Waals surface area contributed by atoms with Crippen LogP contribution in [0, 0.1) is 0 Å². The van der Waals surface area contributed by atoms with Gasteiger partial charge in [-0.3, -0.25) is 4.79 Å². The number of fused-ring (bicyclic) bond motifs is 1. The van der Waals surface area contributed by atoms with Gasteiger partial charge in [-0.2, -0.15) is 9.61 Å². The molecule has 0 aliphatic heterocycles. The van der Waals surface area contributed by atoms with E-state index in [0.29, 0.717) is 11.2 Å². The summed E-state index contributed by atoms with van der Waals surface area (Å²) in [4.78, 5) is 13.3. The minimum Gasteiger partial charge on any atom is -0.322 e. The lowest BCUT2D eigenvalue weighted by molar-refractivity contribution is 0.102. The number of amides is 1. The molecule has 0 bridgehead atoms. The smallest absolute Gasteiger partial charge is 0.255 e. The fourth-order valence-corrected chi connectivity index (χ4v) is 3.71. The van der Waals surface area contributed by atoms with E-state index in [4.69, 9.17) is 5.10 Å². The number of carbonyl (C=O) groups excluding carboxylic acids is 1. The second-order valence-corrected chi connectivity index (χ2v) is 7.33. The van der Waals surface area contributed by atoms with Gasteiger partial charge in [0.1, 0.15) is 0 Å². The van der Waals surface area contributed by atoms with Crippen LogP contribution in [0.3, 0.4) is 0 Å². The van der Waals surface area contributed by atoms with Gasteiger partial charge in [0, 0.05) is 16.8 Å². The minimum absolute atomic E-state index is 0.136. The van der Waals surface area contributed by atoms with E-state index in [2.05, 4.69) is 15.5 Å². The number of benzene rings is 2. The van der Waals surface area contributed by atoms with Crippen molar-refractivity contribution in [2.24, 2.45) is 0 Å². The van der Waals surface area contributed by atoms with Gasteiger partial charge in [-0.15, -0.1) is 21.5 Å². The van der Waals surface area contributed by atoms with E-state index in [1.807, 2.05) is 72.1 Å². The van der Waals surface area contributed by atoms with Gasteiger partial charge in [0.25, 0.3) is 5.91 Å². The molecule has 0 spiro atoms. The Morgan fingerprint density at radius 3 is 2.45 bits per heavy atom. The Morgan fingerprint density at radius 1 is 0.862 bits per heavy atom. The highest BCUT2D eigenvalue weighted by atomic mass is 32.1. The van der Waals surface area contributed by atoms with Crippen LogP contribution < -0.4 is 5.32 Å². The molecule has 1 amide bonds. The van der Waals surface area contributed by atoms with Crippen LogP contribution in [-0.2, 0) is 0 Å². The van der Waals surface area contributed by atoms with Gasteiger partial charge in [-0.1, -0.05) is 36.4 Å². The Bertz CT molecular complexity index is 1280. The third-order valence-corrected chi connectivity index (χ3v) is 5.34. The van der Waals surface area contributed by atoms with Crippen molar-refractivity contribution >= 4 is 28.6 Å². The zero-order valence-corrected chi connectivity index (χ0v) is 16.0. The van der Waals surface area contributed by atoms with Crippen LogP contribution in [-0.4, -0.2) is 25.7 Å². The van der Waals surface area contributed by atoms with Crippen molar-refractivity contribution < 1.29 is 4.79 Å². The summed E-state index contributed by atoms with van der Waals surface area (Å²) in [7, 11) is 0. The van der Waals surface area contributed by atoms with E-state index in [9.17, 15) is 4.79 Å². The first kappa shape index (κ1) is 17.3. The SMILES string of the molecule is O=C(Nc1ccc(-c2ccc3nnc(-c4cccs4)n3n2)cc1)c1ccccc1. The van der Waals surface area contributed by atoms with E-state index < -0.39 is 0 Å². The van der Waals surface area contributed by atoms with Crippen LogP contribution in [0.1, 0.15) is 10.4 Å². The standard InChI is InChI=1S/C22H15N5OS/c28-22(16-5-2-1-3-6-16)23-17-10-8-15(9-11-17)18-12-13-20-24-25-21(27(20)26-18)19-7-4-14-29-19/h1-14H,(H,23,28). The molecule has 2 aromatic carbocycles. The van der Waals surface area contributed by atoms with Crippen LogP contribution in [0.4, 0.5) is 5.69 Å². The highest BCUT2D eigenvalue weighted by Gasteiger charge is 2.12. The molecule has 0 atom stereocenters. The molecule has 5 rings (SSSR count). The van der Waals surface area contributed by atoms with Gasteiger partial charge >= 0.3 is 0 Å². The fraction of sp³-hybridized carbons (Fsp3) is 0. The maximum absolute atomic E-state index is 12.3. The Labute approximate surface area is 170 Å². The molecule has 140 valence electrons. The number of thiophene rings is 1. The Hall–Kier alpha value is -3.84. The average Bonchev–Trinajstić information content (AvgIpc) is 3.44. The summed E-state index contributed by atoms with van der Waals surface area (Å²) in [5, 5.41) is 18.1. The van der Waals surface area contributed by atoms with Crippen LogP contribution in [0.5, 0.6) is 0 Å². The topological polar surface area (TPSA) is 72.2 Å². The predicted molar refractivity (Wildman–Crippen MR) is 114 cm³/mol. The minimum atomic E-state index is -0.136. The normalized spacial score (nSPS) is 10.9. The molecule has 0 fully saturated rings. The quantitative estimate of drug-likeness (QED) is 0.474. The summed E-state index contributed by atoms with van der Waals surface area (Å²) in [6.07, 6.45) is 0. The number of nitrogens with one attached hydrogen (secondary N) is 1. The number of hydrogen-bond donors (Lipinski definition) is 1. The van der Waals surface area contributed by atoms with E-state index in [1.54, 1.807) is 28.0 Å². The summed E-state index contributed by atoms with van der Waals surface area (Å²) in [5.41, 5.74) is 3.79. The fourth-order valence-electron chi connectivity index (χ4n) is 3.02. The number of rotatable bonds is 4. The van der Waals surface area contributed by atoms with Crippen LogP contribution in [0.15, 0.2) is 84.2 Å². The predicted octanol–water partition coefficient (Wildman–Crippen LogP) is 4.77. The highest BCUT2D eigenvalue weighted by molar-refractivity contribution is 7.13. The largest absolute Gasteiger partial charge is 0.322 e. The van der Waals surface area contributed by atoms with Gasteiger partial charge in [0.2, 0.25) is 0 Å². The molecule has 0 saturated heterocycles.